The third-order valence-electron chi connectivity index (χ3n) is 5.31. The molecule has 0 unspecified atom stereocenters. The first-order chi connectivity index (χ1) is 13.6. The highest BCUT2D eigenvalue weighted by atomic mass is 79.9. The third kappa shape index (κ3) is 3.64. The van der Waals surface area contributed by atoms with Gasteiger partial charge in [0.2, 0.25) is 0 Å². The van der Waals surface area contributed by atoms with Crippen molar-refractivity contribution in [2.75, 3.05) is 13.1 Å². The molecule has 0 spiro atoms. The highest BCUT2D eigenvalue weighted by Crippen LogP contribution is 2.39. The van der Waals surface area contributed by atoms with Gasteiger partial charge in [0.05, 0.1) is 12.0 Å². The molecule has 2 heterocycles. The van der Waals surface area contributed by atoms with Gasteiger partial charge in [-0.1, -0.05) is 58.4 Å². The fourth-order valence-electron chi connectivity index (χ4n) is 3.78. The maximum absolute atomic E-state index is 11.3. The highest BCUT2D eigenvalue weighted by Gasteiger charge is 2.42. The Labute approximate surface area is 171 Å². The number of likely N-dealkylation sites (tertiary alicyclic amines) is 1. The zero-order valence-electron chi connectivity index (χ0n) is 15.2. The van der Waals surface area contributed by atoms with Crippen molar-refractivity contribution in [2.45, 2.75) is 24.8 Å². The van der Waals surface area contributed by atoms with E-state index < -0.39 is 11.5 Å². The van der Waals surface area contributed by atoms with E-state index in [2.05, 4.69) is 38.4 Å². The predicted octanol–water partition coefficient (Wildman–Crippen LogP) is 3.54. The molecule has 3 aromatic rings. The molecule has 1 aliphatic rings. The second kappa shape index (κ2) is 7.71. The van der Waals surface area contributed by atoms with Gasteiger partial charge in [-0.15, -0.1) is 10.2 Å². The number of halogens is 1. The normalized spacial score (nSPS) is 16.1. The quantitative estimate of drug-likeness (QED) is 0.668. The fourth-order valence-corrected chi connectivity index (χ4v) is 4.23. The summed E-state index contributed by atoms with van der Waals surface area (Å²) in [7, 11) is 0. The summed E-state index contributed by atoms with van der Waals surface area (Å²) in [5.41, 5.74) is 1.75. The van der Waals surface area contributed by atoms with Gasteiger partial charge in [0.15, 0.2) is 5.82 Å². The Morgan fingerprint density at radius 2 is 1.86 bits per heavy atom. The van der Waals surface area contributed by atoms with Crippen molar-refractivity contribution in [3.63, 3.8) is 0 Å². The lowest BCUT2D eigenvalue weighted by Crippen LogP contribution is -2.45. The van der Waals surface area contributed by atoms with E-state index in [9.17, 15) is 9.90 Å². The van der Waals surface area contributed by atoms with Crippen LogP contribution in [0.5, 0.6) is 0 Å². The molecular formula is C20H20BrN5O2. The van der Waals surface area contributed by atoms with Crippen LogP contribution in [0.15, 0.2) is 59.1 Å². The number of tetrazole rings is 1. The minimum Gasteiger partial charge on any atom is -0.465 e. The minimum absolute atomic E-state index is 0.428. The molecule has 28 heavy (non-hydrogen) atoms. The monoisotopic (exact) mass is 441 g/mol. The topological polar surface area (TPSA) is 84.1 Å². The molecule has 1 aliphatic heterocycles. The lowest BCUT2D eigenvalue weighted by atomic mass is 9.72. The first kappa shape index (κ1) is 18.6. The molecule has 0 bridgehead atoms. The van der Waals surface area contributed by atoms with E-state index >= 15 is 0 Å². The lowest BCUT2D eigenvalue weighted by Gasteiger charge is -2.39. The molecule has 4 rings (SSSR count). The van der Waals surface area contributed by atoms with Gasteiger partial charge in [-0.05, 0) is 41.3 Å². The number of amides is 1. The van der Waals surface area contributed by atoms with Crippen LogP contribution in [0.3, 0.4) is 0 Å². The minimum atomic E-state index is -0.882. The van der Waals surface area contributed by atoms with Crippen LogP contribution in [0.2, 0.25) is 0 Å². The summed E-state index contributed by atoms with van der Waals surface area (Å²) in [6.07, 6.45) is 0.380. The van der Waals surface area contributed by atoms with Gasteiger partial charge in [0.1, 0.15) is 0 Å². The number of rotatable bonds is 4. The molecule has 0 radical (unpaired) electrons. The Balaban J connectivity index is 1.65. The highest BCUT2D eigenvalue weighted by molar-refractivity contribution is 9.10. The molecule has 0 aliphatic carbocycles. The molecule has 8 heteroatoms. The largest absolute Gasteiger partial charge is 0.465 e. The van der Waals surface area contributed by atoms with Crippen LogP contribution >= 0.6 is 15.9 Å². The van der Waals surface area contributed by atoms with Gasteiger partial charge >= 0.3 is 6.09 Å². The molecule has 7 nitrogen and oxygen atoms in total. The molecule has 1 fully saturated rings. The van der Waals surface area contributed by atoms with Gasteiger partial charge in [-0.3, -0.25) is 0 Å². The second-order valence-corrected chi connectivity index (χ2v) is 7.91. The summed E-state index contributed by atoms with van der Waals surface area (Å²) in [5.74, 6) is 0.652. The van der Waals surface area contributed by atoms with E-state index in [0.29, 0.717) is 38.3 Å². The number of hydrogen-bond acceptors (Lipinski definition) is 4. The summed E-state index contributed by atoms with van der Waals surface area (Å²) in [6, 6.07) is 18.1. The molecule has 1 N–H and O–H groups in total. The van der Waals surface area contributed by atoms with Gasteiger partial charge in [0, 0.05) is 17.6 Å². The summed E-state index contributed by atoms with van der Waals surface area (Å²) in [6.45, 7) is 1.42. The van der Waals surface area contributed by atoms with E-state index in [1.165, 1.54) is 4.90 Å². The number of carboxylic acid groups (broad SMARTS) is 1. The number of aromatic nitrogens is 4. The zero-order valence-corrected chi connectivity index (χ0v) is 16.8. The maximum Gasteiger partial charge on any atom is 0.407 e. The van der Waals surface area contributed by atoms with Gasteiger partial charge in [-0.2, -0.15) is 4.80 Å². The Morgan fingerprint density at radius 3 is 2.54 bits per heavy atom. The van der Waals surface area contributed by atoms with Crippen LogP contribution in [-0.2, 0) is 12.0 Å². The van der Waals surface area contributed by atoms with Crippen molar-refractivity contribution in [1.29, 1.82) is 0 Å². The molecule has 2 aromatic carbocycles. The van der Waals surface area contributed by atoms with Crippen LogP contribution in [0, 0.1) is 0 Å². The Kier molecular flexibility index (Phi) is 5.13. The Hall–Kier alpha value is -2.74. The van der Waals surface area contributed by atoms with Crippen molar-refractivity contribution in [1.82, 2.24) is 25.1 Å². The number of piperidine rings is 1. The molecule has 1 aromatic heterocycles. The molecule has 0 atom stereocenters. The molecule has 144 valence electrons. The zero-order chi connectivity index (χ0) is 19.6. The van der Waals surface area contributed by atoms with E-state index in [1.807, 2.05) is 42.5 Å². The van der Waals surface area contributed by atoms with Crippen molar-refractivity contribution in [2.24, 2.45) is 0 Å². The summed E-state index contributed by atoms with van der Waals surface area (Å²) in [5, 5.41) is 22.7. The van der Waals surface area contributed by atoms with E-state index in [1.54, 1.807) is 4.80 Å². The summed E-state index contributed by atoms with van der Waals surface area (Å²) < 4.78 is 1.01. The van der Waals surface area contributed by atoms with Crippen LogP contribution in [-0.4, -0.2) is 49.4 Å². The number of carbonyl (C=O) groups is 1. The van der Waals surface area contributed by atoms with E-state index in [0.717, 1.165) is 15.6 Å². The van der Waals surface area contributed by atoms with Gasteiger partial charge in [0.25, 0.3) is 0 Å². The first-order valence-corrected chi connectivity index (χ1v) is 9.92. The van der Waals surface area contributed by atoms with Gasteiger partial charge in [-0.25, -0.2) is 4.79 Å². The van der Waals surface area contributed by atoms with Crippen molar-refractivity contribution in [3.05, 3.63) is 76.0 Å². The van der Waals surface area contributed by atoms with Crippen LogP contribution in [0.25, 0.3) is 0 Å². The van der Waals surface area contributed by atoms with Crippen LogP contribution in [0.4, 0.5) is 4.79 Å². The van der Waals surface area contributed by atoms with Crippen molar-refractivity contribution >= 4 is 22.0 Å². The molecule has 1 saturated heterocycles. The maximum atomic E-state index is 11.3. The molecule has 1 amide bonds. The molecule has 0 saturated carbocycles. The Morgan fingerprint density at radius 1 is 1.11 bits per heavy atom. The van der Waals surface area contributed by atoms with Crippen LogP contribution in [0.1, 0.15) is 29.8 Å². The first-order valence-electron chi connectivity index (χ1n) is 9.13. The summed E-state index contributed by atoms with van der Waals surface area (Å²) in [4.78, 5) is 14.4. The number of benzene rings is 2. The fraction of sp³-hybridized carbons (Fsp3) is 0.300. The standard InChI is InChI=1S/C20H20BrN5O2/c21-17-8-4-5-15(13-17)14-26-23-18(22-24-26)20(16-6-2-1-3-7-16)9-11-25(12-10-20)19(27)28/h1-8,13H,9-12,14H2,(H,27,28). The van der Waals surface area contributed by atoms with Gasteiger partial charge < -0.3 is 10.0 Å². The van der Waals surface area contributed by atoms with Crippen LogP contribution < -0.4 is 0 Å². The Bertz CT molecular complexity index is 967. The van der Waals surface area contributed by atoms with Crippen molar-refractivity contribution in [3.8, 4) is 0 Å². The van der Waals surface area contributed by atoms with E-state index in [4.69, 9.17) is 5.10 Å². The smallest absolute Gasteiger partial charge is 0.407 e. The average Bonchev–Trinajstić information content (AvgIpc) is 3.17. The predicted molar refractivity (Wildman–Crippen MR) is 107 cm³/mol. The average molecular weight is 442 g/mol. The van der Waals surface area contributed by atoms with Crippen molar-refractivity contribution < 1.29 is 9.90 Å². The number of nitrogens with zero attached hydrogens (tertiary/aromatic N) is 5. The SMILES string of the molecule is O=C(O)N1CCC(c2ccccc2)(c2nnn(Cc3cccc(Br)c3)n2)CC1. The molecular weight excluding hydrogens is 422 g/mol. The number of hydrogen-bond donors (Lipinski definition) is 1. The third-order valence-corrected chi connectivity index (χ3v) is 5.80. The van der Waals surface area contributed by atoms with E-state index in [-0.39, 0.29) is 0 Å². The second-order valence-electron chi connectivity index (χ2n) is 6.99. The lowest BCUT2D eigenvalue weighted by molar-refractivity contribution is 0.121. The summed E-state index contributed by atoms with van der Waals surface area (Å²) >= 11 is 3.48.